The van der Waals surface area contributed by atoms with Crippen molar-refractivity contribution in [3.63, 3.8) is 0 Å². The molecule has 0 aromatic heterocycles. The first-order valence-electron chi connectivity index (χ1n) is 4.92. The molecule has 0 aliphatic heterocycles. The number of hydrogen-bond acceptors (Lipinski definition) is 1. The smallest absolute Gasteiger partial charge is 0.0497 e. The third-order valence-electron chi connectivity index (χ3n) is 2.88. The van der Waals surface area contributed by atoms with Gasteiger partial charge in [-0.2, -0.15) is 0 Å². The summed E-state index contributed by atoms with van der Waals surface area (Å²) in [4.78, 5) is 0. The van der Waals surface area contributed by atoms with Gasteiger partial charge in [0, 0.05) is 23.5 Å². The predicted octanol–water partition coefficient (Wildman–Crippen LogP) is 2.06. The lowest BCUT2D eigenvalue weighted by molar-refractivity contribution is 0.218. The molecular weight excluding hydrogens is 172 g/mol. The van der Waals surface area contributed by atoms with E-state index in [0.717, 1.165) is 12.0 Å². The molecule has 1 aromatic carbocycles. The molecule has 1 fully saturated rings. The van der Waals surface area contributed by atoms with Gasteiger partial charge in [0.15, 0.2) is 0 Å². The van der Waals surface area contributed by atoms with Gasteiger partial charge in [-0.25, -0.2) is 0 Å². The molecule has 1 aliphatic rings. The second-order valence-corrected chi connectivity index (χ2v) is 4.20. The third-order valence-corrected chi connectivity index (χ3v) is 2.88. The summed E-state index contributed by atoms with van der Waals surface area (Å²) in [7, 11) is 0. The second kappa shape index (κ2) is 3.48. The molecule has 14 heavy (non-hydrogen) atoms. The molecule has 0 heterocycles. The van der Waals surface area contributed by atoms with E-state index in [0.29, 0.717) is 5.92 Å². The highest BCUT2D eigenvalue weighted by Gasteiger charge is 2.48. The fourth-order valence-corrected chi connectivity index (χ4v) is 1.50. The first-order chi connectivity index (χ1) is 6.74. The van der Waals surface area contributed by atoms with Crippen LogP contribution >= 0.6 is 0 Å². The minimum atomic E-state index is 0.0712. The number of hydrogen-bond donors (Lipinski definition) is 1. The maximum absolute atomic E-state index is 9.07. The van der Waals surface area contributed by atoms with Gasteiger partial charge >= 0.3 is 0 Å². The molecule has 2 atom stereocenters. The topological polar surface area (TPSA) is 20.2 Å². The van der Waals surface area contributed by atoms with Gasteiger partial charge in [0.25, 0.3) is 0 Å². The number of rotatable bonds is 1. The monoisotopic (exact) mass is 186 g/mol. The average Bonchev–Trinajstić information content (AvgIpc) is 2.90. The first-order valence-corrected chi connectivity index (χ1v) is 4.92. The van der Waals surface area contributed by atoms with Crippen molar-refractivity contribution in [3.05, 3.63) is 35.9 Å². The van der Waals surface area contributed by atoms with Crippen molar-refractivity contribution in [1.82, 2.24) is 0 Å². The van der Waals surface area contributed by atoms with Crippen LogP contribution in [0.25, 0.3) is 0 Å². The van der Waals surface area contributed by atoms with E-state index in [2.05, 4.69) is 18.8 Å². The quantitative estimate of drug-likeness (QED) is 0.665. The summed E-state index contributed by atoms with van der Waals surface area (Å²) >= 11 is 0. The summed E-state index contributed by atoms with van der Waals surface area (Å²) < 4.78 is 0. The summed E-state index contributed by atoms with van der Waals surface area (Å²) in [6, 6.07) is 9.97. The van der Waals surface area contributed by atoms with Crippen LogP contribution < -0.4 is 0 Å². The van der Waals surface area contributed by atoms with Crippen molar-refractivity contribution in [3.8, 4) is 11.8 Å². The zero-order chi connectivity index (χ0) is 10.0. The normalized spacial score (nSPS) is 29.1. The fourth-order valence-electron chi connectivity index (χ4n) is 1.50. The van der Waals surface area contributed by atoms with Gasteiger partial charge < -0.3 is 5.11 Å². The zero-order valence-corrected chi connectivity index (χ0v) is 8.33. The lowest BCUT2D eigenvalue weighted by Crippen LogP contribution is -2.02. The van der Waals surface area contributed by atoms with E-state index in [9.17, 15) is 0 Å². The Morgan fingerprint density at radius 3 is 2.71 bits per heavy atom. The summed E-state index contributed by atoms with van der Waals surface area (Å²) in [6.45, 7) is 2.33. The van der Waals surface area contributed by atoms with E-state index in [1.54, 1.807) is 0 Å². The van der Waals surface area contributed by atoms with Crippen LogP contribution in [0.15, 0.2) is 30.3 Å². The highest BCUT2D eigenvalue weighted by atomic mass is 16.3. The van der Waals surface area contributed by atoms with Crippen LogP contribution in [0.5, 0.6) is 0 Å². The highest BCUT2D eigenvalue weighted by Crippen LogP contribution is 2.51. The van der Waals surface area contributed by atoms with E-state index >= 15 is 0 Å². The highest BCUT2D eigenvalue weighted by molar-refractivity contribution is 5.36. The van der Waals surface area contributed by atoms with Crippen LogP contribution in [0, 0.1) is 23.2 Å². The molecule has 2 rings (SSSR count). The van der Waals surface area contributed by atoms with Gasteiger partial charge in [-0.3, -0.25) is 0 Å². The Balaban J connectivity index is 2.03. The molecule has 1 aromatic rings. The van der Waals surface area contributed by atoms with Crippen molar-refractivity contribution in [2.24, 2.45) is 11.3 Å². The molecule has 0 spiro atoms. The molecule has 0 bridgehead atoms. The van der Waals surface area contributed by atoms with Gasteiger partial charge in [-0.1, -0.05) is 37.0 Å². The molecule has 0 amide bonds. The lowest BCUT2D eigenvalue weighted by Gasteiger charge is -2.00. The largest absolute Gasteiger partial charge is 0.396 e. The summed E-state index contributed by atoms with van der Waals surface area (Å²) in [5.41, 5.74) is 1.13. The Labute approximate surface area is 84.8 Å². The van der Waals surface area contributed by atoms with E-state index in [1.165, 1.54) is 0 Å². The number of benzene rings is 1. The van der Waals surface area contributed by atoms with Crippen molar-refractivity contribution in [2.75, 3.05) is 6.61 Å². The van der Waals surface area contributed by atoms with Crippen LogP contribution in [0.3, 0.4) is 0 Å². The maximum Gasteiger partial charge on any atom is 0.0497 e. The van der Waals surface area contributed by atoms with E-state index in [-0.39, 0.29) is 12.0 Å². The Kier molecular flexibility index (Phi) is 2.31. The number of aliphatic hydroxyl groups is 1. The number of aliphatic hydroxyl groups excluding tert-OH is 1. The summed E-state index contributed by atoms with van der Waals surface area (Å²) in [6.07, 6.45) is 1.03. The van der Waals surface area contributed by atoms with Gasteiger partial charge in [0.2, 0.25) is 0 Å². The van der Waals surface area contributed by atoms with Gasteiger partial charge in [-0.15, -0.1) is 0 Å². The molecule has 1 nitrogen and oxygen atoms in total. The minimum Gasteiger partial charge on any atom is -0.396 e. The van der Waals surface area contributed by atoms with Gasteiger partial charge in [0.05, 0.1) is 0 Å². The van der Waals surface area contributed by atoms with Crippen LogP contribution in [-0.2, 0) is 0 Å². The Morgan fingerprint density at radius 1 is 1.43 bits per heavy atom. The van der Waals surface area contributed by atoms with E-state index in [4.69, 9.17) is 5.11 Å². The predicted molar refractivity (Wildman–Crippen MR) is 56.6 cm³/mol. The van der Waals surface area contributed by atoms with Crippen LogP contribution in [0.4, 0.5) is 0 Å². The summed E-state index contributed by atoms with van der Waals surface area (Å²) in [5.74, 6) is 6.72. The maximum atomic E-state index is 9.07. The van der Waals surface area contributed by atoms with Crippen molar-refractivity contribution in [2.45, 2.75) is 13.3 Å². The average molecular weight is 186 g/mol. The van der Waals surface area contributed by atoms with Crippen molar-refractivity contribution < 1.29 is 5.11 Å². The molecule has 1 N–H and O–H groups in total. The lowest BCUT2D eigenvalue weighted by atomic mass is 10.1. The molecule has 0 unspecified atom stereocenters. The molecule has 1 aliphatic carbocycles. The van der Waals surface area contributed by atoms with Crippen LogP contribution in [-0.4, -0.2) is 11.7 Å². The Hall–Kier alpha value is -1.26. The Bertz CT molecular complexity index is 371. The first kappa shape index (κ1) is 9.30. The molecule has 0 radical (unpaired) electrons. The van der Waals surface area contributed by atoms with Crippen molar-refractivity contribution in [1.29, 1.82) is 0 Å². The van der Waals surface area contributed by atoms with E-state index in [1.807, 2.05) is 30.3 Å². The van der Waals surface area contributed by atoms with Crippen LogP contribution in [0.2, 0.25) is 0 Å². The second-order valence-electron chi connectivity index (χ2n) is 4.20. The van der Waals surface area contributed by atoms with Crippen LogP contribution in [0.1, 0.15) is 18.9 Å². The van der Waals surface area contributed by atoms with Gasteiger partial charge in [-0.05, 0) is 18.6 Å². The minimum absolute atomic E-state index is 0.0712. The SMILES string of the molecule is C[C@@]1(CO)C[C@@H]1C#Cc1ccccc1. The third kappa shape index (κ3) is 1.81. The molecule has 1 saturated carbocycles. The fraction of sp³-hybridized carbons (Fsp3) is 0.385. The molecule has 0 saturated heterocycles. The molecular formula is C13H14O. The zero-order valence-electron chi connectivity index (χ0n) is 8.33. The van der Waals surface area contributed by atoms with Crippen molar-refractivity contribution >= 4 is 0 Å². The molecule has 72 valence electrons. The summed E-state index contributed by atoms with van der Waals surface area (Å²) in [5, 5.41) is 9.07. The van der Waals surface area contributed by atoms with Gasteiger partial charge in [0.1, 0.15) is 0 Å². The van der Waals surface area contributed by atoms with E-state index < -0.39 is 0 Å². The molecule has 1 heteroatoms. The Morgan fingerprint density at radius 2 is 2.14 bits per heavy atom. The standard InChI is InChI=1S/C13H14O/c1-13(10-14)9-12(13)8-7-11-5-3-2-4-6-11/h2-6,12,14H,9-10H2,1H3/t12-,13-/m0/s1.